The highest BCUT2D eigenvalue weighted by atomic mass is 79.9. The van der Waals surface area contributed by atoms with Gasteiger partial charge >= 0.3 is 0 Å². The molecule has 1 aromatic heterocycles. The molecule has 2 rings (SSSR count). The minimum atomic E-state index is -0.642. The summed E-state index contributed by atoms with van der Waals surface area (Å²) in [5.41, 5.74) is 3.58. The molecule has 112 valence electrons. The normalized spacial score (nSPS) is 12.3. The lowest BCUT2D eigenvalue weighted by molar-refractivity contribution is 0.177. The average Bonchev–Trinajstić information content (AvgIpc) is 2.45. The molecule has 21 heavy (non-hydrogen) atoms. The van der Waals surface area contributed by atoms with Crippen LogP contribution in [0.1, 0.15) is 28.5 Å². The molecule has 0 fully saturated rings. The van der Waals surface area contributed by atoms with Crippen LogP contribution in [0.15, 0.2) is 28.9 Å². The van der Waals surface area contributed by atoms with Crippen LogP contribution < -0.4 is 4.74 Å². The number of rotatable bonds is 4. The van der Waals surface area contributed by atoms with Crippen molar-refractivity contribution in [1.29, 1.82) is 0 Å². The maximum atomic E-state index is 10.4. The maximum absolute atomic E-state index is 10.4. The van der Waals surface area contributed by atoms with Crippen LogP contribution in [0, 0.1) is 13.8 Å². The van der Waals surface area contributed by atoms with E-state index in [9.17, 15) is 5.11 Å². The van der Waals surface area contributed by atoms with Gasteiger partial charge in [0.1, 0.15) is 5.75 Å². The van der Waals surface area contributed by atoms with Crippen LogP contribution in [-0.2, 0) is 6.42 Å². The second kappa shape index (κ2) is 6.77. The minimum Gasteiger partial charge on any atom is -0.496 e. The molecule has 5 heteroatoms. The fraction of sp³-hybridized carbons (Fsp3) is 0.312. The first-order chi connectivity index (χ1) is 9.93. The average molecular weight is 371 g/mol. The monoisotopic (exact) mass is 369 g/mol. The summed E-state index contributed by atoms with van der Waals surface area (Å²) in [7, 11) is 1.64. The Hall–Kier alpha value is -1.10. The summed E-state index contributed by atoms with van der Waals surface area (Å²) in [6.45, 7) is 3.91. The van der Waals surface area contributed by atoms with Crippen molar-refractivity contribution in [1.82, 2.24) is 4.98 Å². The van der Waals surface area contributed by atoms with Crippen molar-refractivity contribution in [3.8, 4) is 5.75 Å². The van der Waals surface area contributed by atoms with Gasteiger partial charge < -0.3 is 9.84 Å². The Bertz CT molecular complexity index is 661. The number of methoxy groups -OCH3 is 1. The Morgan fingerprint density at radius 1 is 1.38 bits per heavy atom. The van der Waals surface area contributed by atoms with Crippen LogP contribution in [0.5, 0.6) is 5.75 Å². The summed E-state index contributed by atoms with van der Waals surface area (Å²) in [4.78, 5) is 4.41. The molecule has 1 heterocycles. The third kappa shape index (κ3) is 3.57. The molecule has 1 N–H and O–H groups in total. The highest BCUT2D eigenvalue weighted by Crippen LogP contribution is 2.30. The SMILES string of the molecule is COc1c(C)cnc(CC(O)c2ccc(Cl)c(Br)c2)c1C. The van der Waals surface area contributed by atoms with E-state index >= 15 is 0 Å². The van der Waals surface area contributed by atoms with E-state index < -0.39 is 6.10 Å². The number of hydrogen-bond donors (Lipinski definition) is 1. The topological polar surface area (TPSA) is 42.4 Å². The molecule has 0 saturated carbocycles. The van der Waals surface area contributed by atoms with E-state index in [1.165, 1.54) is 0 Å². The van der Waals surface area contributed by atoms with E-state index in [1.54, 1.807) is 19.4 Å². The molecular formula is C16H17BrClNO2. The Morgan fingerprint density at radius 2 is 2.10 bits per heavy atom. The number of nitrogens with zero attached hydrogens (tertiary/aromatic N) is 1. The van der Waals surface area contributed by atoms with Crippen LogP contribution in [0.4, 0.5) is 0 Å². The molecule has 0 amide bonds. The Morgan fingerprint density at radius 3 is 2.71 bits per heavy atom. The Labute approximate surface area is 138 Å². The van der Waals surface area contributed by atoms with Crippen molar-refractivity contribution in [3.63, 3.8) is 0 Å². The van der Waals surface area contributed by atoms with Gasteiger partial charge in [0.15, 0.2) is 0 Å². The number of benzene rings is 1. The molecule has 0 saturated heterocycles. The number of hydrogen-bond acceptors (Lipinski definition) is 3. The molecular weight excluding hydrogens is 354 g/mol. The molecule has 0 aliphatic carbocycles. The maximum Gasteiger partial charge on any atom is 0.128 e. The van der Waals surface area contributed by atoms with Crippen molar-refractivity contribution < 1.29 is 9.84 Å². The zero-order valence-corrected chi connectivity index (χ0v) is 14.5. The van der Waals surface area contributed by atoms with E-state index in [-0.39, 0.29) is 0 Å². The number of pyridine rings is 1. The molecule has 0 aliphatic heterocycles. The number of ether oxygens (including phenoxy) is 1. The quantitative estimate of drug-likeness (QED) is 0.867. The first-order valence-corrected chi connectivity index (χ1v) is 7.73. The van der Waals surface area contributed by atoms with Crippen LogP contribution in [0.3, 0.4) is 0 Å². The van der Waals surface area contributed by atoms with Crippen LogP contribution in [0.25, 0.3) is 0 Å². The van der Waals surface area contributed by atoms with Crippen molar-refractivity contribution >= 4 is 27.5 Å². The van der Waals surface area contributed by atoms with Gasteiger partial charge in [-0.2, -0.15) is 0 Å². The number of aliphatic hydroxyl groups is 1. The molecule has 0 aliphatic rings. The number of aryl methyl sites for hydroxylation is 1. The second-order valence-electron chi connectivity index (χ2n) is 4.94. The van der Waals surface area contributed by atoms with Gasteiger partial charge in [0.25, 0.3) is 0 Å². The highest BCUT2D eigenvalue weighted by molar-refractivity contribution is 9.10. The first-order valence-electron chi connectivity index (χ1n) is 6.56. The lowest BCUT2D eigenvalue weighted by Crippen LogP contribution is -2.07. The van der Waals surface area contributed by atoms with Gasteiger partial charge in [-0.1, -0.05) is 17.7 Å². The lowest BCUT2D eigenvalue weighted by atomic mass is 10.0. The molecule has 1 atom stereocenters. The number of halogens is 2. The van der Waals surface area contributed by atoms with Crippen molar-refractivity contribution in [2.75, 3.05) is 7.11 Å². The molecule has 0 radical (unpaired) electrons. The smallest absolute Gasteiger partial charge is 0.128 e. The summed E-state index contributed by atoms with van der Waals surface area (Å²) >= 11 is 9.34. The predicted octanol–water partition coefficient (Wildman–Crippen LogP) is 4.40. The van der Waals surface area contributed by atoms with Gasteiger partial charge in [-0.15, -0.1) is 0 Å². The fourth-order valence-corrected chi connectivity index (χ4v) is 2.81. The standard InChI is InChI=1S/C16H17BrClNO2/c1-9-8-19-14(10(2)16(9)21-3)7-15(20)11-4-5-13(18)12(17)6-11/h4-6,8,15,20H,7H2,1-3H3. The molecule has 1 unspecified atom stereocenters. The Balaban J connectivity index is 2.27. The third-order valence-corrected chi connectivity index (χ3v) is 4.68. The fourth-order valence-electron chi connectivity index (χ4n) is 2.30. The summed E-state index contributed by atoms with van der Waals surface area (Å²) in [6.07, 6.45) is 1.56. The summed E-state index contributed by atoms with van der Waals surface area (Å²) in [5.74, 6) is 0.824. The van der Waals surface area contributed by atoms with E-state index in [0.717, 1.165) is 32.6 Å². The molecule has 2 aromatic rings. The molecule has 0 bridgehead atoms. The summed E-state index contributed by atoms with van der Waals surface area (Å²) in [6, 6.07) is 5.41. The first kappa shape index (κ1) is 16.3. The number of aromatic nitrogens is 1. The van der Waals surface area contributed by atoms with E-state index in [1.807, 2.05) is 26.0 Å². The van der Waals surface area contributed by atoms with E-state index in [4.69, 9.17) is 16.3 Å². The van der Waals surface area contributed by atoms with Gasteiger partial charge in [-0.3, -0.25) is 4.98 Å². The predicted molar refractivity (Wildman–Crippen MR) is 88.1 cm³/mol. The summed E-state index contributed by atoms with van der Waals surface area (Å²) in [5, 5.41) is 11.0. The lowest BCUT2D eigenvalue weighted by Gasteiger charge is -2.16. The van der Waals surface area contributed by atoms with Gasteiger partial charge in [0, 0.05) is 33.9 Å². The van der Waals surface area contributed by atoms with E-state index in [2.05, 4.69) is 20.9 Å². The van der Waals surface area contributed by atoms with Gasteiger partial charge in [0.2, 0.25) is 0 Å². The van der Waals surface area contributed by atoms with Gasteiger partial charge in [0.05, 0.1) is 18.2 Å². The zero-order valence-electron chi connectivity index (χ0n) is 12.2. The molecule has 0 spiro atoms. The van der Waals surface area contributed by atoms with Crippen molar-refractivity contribution in [2.45, 2.75) is 26.4 Å². The van der Waals surface area contributed by atoms with Gasteiger partial charge in [-0.05, 0) is 47.5 Å². The van der Waals surface area contributed by atoms with Crippen molar-refractivity contribution in [2.24, 2.45) is 0 Å². The van der Waals surface area contributed by atoms with Crippen LogP contribution >= 0.6 is 27.5 Å². The van der Waals surface area contributed by atoms with E-state index in [0.29, 0.717) is 11.4 Å². The van der Waals surface area contributed by atoms with Crippen molar-refractivity contribution in [3.05, 3.63) is 56.3 Å². The number of aliphatic hydroxyl groups excluding tert-OH is 1. The highest BCUT2D eigenvalue weighted by Gasteiger charge is 2.15. The van der Waals surface area contributed by atoms with Crippen LogP contribution in [-0.4, -0.2) is 17.2 Å². The Kier molecular flexibility index (Phi) is 5.25. The largest absolute Gasteiger partial charge is 0.496 e. The molecule has 1 aromatic carbocycles. The third-order valence-electron chi connectivity index (χ3n) is 3.46. The van der Waals surface area contributed by atoms with Crippen LogP contribution in [0.2, 0.25) is 5.02 Å². The van der Waals surface area contributed by atoms with Gasteiger partial charge in [-0.25, -0.2) is 0 Å². The minimum absolute atomic E-state index is 0.427. The second-order valence-corrected chi connectivity index (χ2v) is 6.20. The zero-order chi connectivity index (χ0) is 15.6. The summed E-state index contributed by atoms with van der Waals surface area (Å²) < 4.78 is 6.16. The molecule has 3 nitrogen and oxygen atoms in total.